The summed E-state index contributed by atoms with van der Waals surface area (Å²) in [6.07, 6.45) is 11.3. The molecule has 3 aliphatic rings. The predicted octanol–water partition coefficient (Wildman–Crippen LogP) is 8.88. The van der Waals surface area contributed by atoms with Crippen molar-refractivity contribution in [2.75, 3.05) is 12.5 Å². The Bertz CT molecular complexity index is 770. The highest BCUT2D eigenvalue weighted by Crippen LogP contribution is 2.69. The van der Waals surface area contributed by atoms with Crippen LogP contribution in [0, 0.1) is 41.4 Å². The third kappa shape index (κ3) is 4.01. The molecule has 0 spiro atoms. The second-order valence-electron chi connectivity index (χ2n) is 13.8. The highest BCUT2D eigenvalue weighted by atomic mass is 32.3. The quantitative estimate of drug-likeness (QED) is 0.426. The van der Waals surface area contributed by atoms with E-state index in [2.05, 4.69) is 92.2 Å². The van der Waals surface area contributed by atoms with Gasteiger partial charge in [0.2, 0.25) is 0 Å². The number of benzene rings is 1. The summed E-state index contributed by atoms with van der Waals surface area (Å²) < 4.78 is 0. The van der Waals surface area contributed by atoms with Gasteiger partial charge in [-0.1, -0.05) is 86.1 Å². The highest BCUT2D eigenvalue weighted by Gasteiger charge is 2.55. The Morgan fingerprint density at radius 2 is 1.28 bits per heavy atom. The zero-order valence-electron chi connectivity index (χ0n) is 22.8. The van der Waals surface area contributed by atoms with Gasteiger partial charge in [-0.25, -0.2) is 10.0 Å². The molecule has 4 rings (SSSR count). The predicted molar refractivity (Wildman–Crippen MR) is 146 cm³/mol. The Balaban J connectivity index is 1.60. The summed E-state index contributed by atoms with van der Waals surface area (Å²) in [5.41, 5.74) is 3.36. The van der Waals surface area contributed by atoms with Crippen molar-refractivity contribution in [2.24, 2.45) is 41.4 Å². The van der Waals surface area contributed by atoms with Crippen molar-refractivity contribution in [1.82, 2.24) is 0 Å². The van der Waals surface area contributed by atoms with Crippen LogP contribution in [-0.4, -0.2) is 23.0 Å². The van der Waals surface area contributed by atoms with Crippen molar-refractivity contribution < 1.29 is 0 Å². The normalized spacial score (nSPS) is 43.3. The maximum absolute atomic E-state index is 2.76. The molecule has 1 aromatic carbocycles. The molecule has 3 saturated carbocycles. The second-order valence-corrected chi connectivity index (χ2v) is 17.9. The average Bonchev–Trinajstić information content (AvgIpc) is 3.16. The van der Waals surface area contributed by atoms with Crippen molar-refractivity contribution in [1.29, 1.82) is 0 Å². The van der Waals surface area contributed by atoms with Crippen molar-refractivity contribution in [2.45, 2.75) is 103 Å². The first-order chi connectivity index (χ1) is 14.9. The monoisotopic (exact) mass is 456 g/mol. The van der Waals surface area contributed by atoms with Crippen LogP contribution in [-0.2, 0) is 5.41 Å². The Morgan fingerprint density at radius 3 is 1.81 bits per heavy atom. The first-order valence-corrected chi connectivity index (χ1v) is 16.2. The zero-order valence-corrected chi connectivity index (χ0v) is 23.6. The van der Waals surface area contributed by atoms with Crippen LogP contribution in [0.4, 0.5) is 0 Å². The van der Waals surface area contributed by atoms with Crippen LogP contribution in [0.1, 0.15) is 98.1 Å². The number of fused-ring (bicyclic) bond motifs is 1. The van der Waals surface area contributed by atoms with Gasteiger partial charge in [-0.05, 0) is 106 Å². The largest absolute Gasteiger partial charge is 0.240 e. The summed E-state index contributed by atoms with van der Waals surface area (Å²) in [6, 6.07) is 9.84. The van der Waals surface area contributed by atoms with E-state index >= 15 is 0 Å². The van der Waals surface area contributed by atoms with Crippen LogP contribution in [0.2, 0.25) is 0 Å². The minimum Gasteiger partial charge on any atom is -0.240 e. The summed E-state index contributed by atoms with van der Waals surface area (Å²) in [6.45, 7) is 19.9. The van der Waals surface area contributed by atoms with Gasteiger partial charge in [0.15, 0.2) is 0 Å². The second kappa shape index (κ2) is 8.66. The van der Waals surface area contributed by atoms with E-state index in [-0.39, 0.29) is 5.41 Å². The Hall–Kier alpha value is -0.430. The van der Waals surface area contributed by atoms with Crippen LogP contribution in [0.3, 0.4) is 0 Å². The fourth-order valence-electron chi connectivity index (χ4n) is 9.05. The molecule has 0 radical (unpaired) electrons. The lowest BCUT2D eigenvalue weighted by Gasteiger charge is -2.53. The minimum atomic E-state index is -0.654. The Kier molecular flexibility index (Phi) is 6.68. The standard InChI is InChI=1S/C31H52S/c1-19-18-28-26(24-14-16-25(17-15-24)31(6,7)8)12-11-13-27(28)29(19)32(9,10)30-22(4)20(2)21(3)23(30)5/h14-17,19-23,26-30H,11-13,18H2,1-10H3. The smallest absolute Gasteiger partial charge is 0.00571 e. The SMILES string of the molecule is CC1CC2C(c3ccc(C(C)(C)C)cc3)CCCC2C1S(C)(C)C1C(C)C(C)C(C)C1C. The van der Waals surface area contributed by atoms with E-state index in [4.69, 9.17) is 0 Å². The maximum Gasteiger partial charge on any atom is -0.00571 e. The molecule has 0 amide bonds. The van der Waals surface area contributed by atoms with Crippen LogP contribution in [0.15, 0.2) is 24.3 Å². The molecule has 9 atom stereocenters. The molecule has 1 heteroatoms. The summed E-state index contributed by atoms with van der Waals surface area (Å²) in [7, 11) is -0.654. The fourth-order valence-corrected chi connectivity index (χ4v) is 14.7. The lowest BCUT2D eigenvalue weighted by atomic mass is 9.70. The Labute approximate surface area is 202 Å². The molecule has 9 unspecified atom stereocenters. The maximum atomic E-state index is 2.76. The molecule has 0 aromatic heterocycles. The molecular weight excluding hydrogens is 404 g/mol. The lowest BCUT2D eigenvalue weighted by Crippen LogP contribution is -2.39. The number of hydrogen-bond donors (Lipinski definition) is 0. The molecule has 0 nitrogen and oxygen atoms in total. The fraction of sp³-hybridized carbons (Fsp3) is 0.806. The van der Waals surface area contributed by atoms with Crippen LogP contribution < -0.4 is 0 Å². The first kappa shape index (κ1) is 24.7. The third-order valence-corrected chi connectivity index (χ3v) is 15.4. The van der Waals surface area contributed by atoms with Crippen LogP contribution >= 0.6 is 10.0 Å². The van der Waals surface area contributed by atoms with E-state index < -0.39 is 10.0 Å². The number of hydrogen-bond acceptors (Lipinski definition) is 0. The van der Waals surface area contributed by atoms with E-state index in [0.717, 1.165) is 57.8 Å². The van der Waals surface area contributed by atoms with Gasteiger partial charge in [0.05, 0.1) is 0 Å². The van der Waals surface area contributed by atoms with Crippen molar-refractivity contribution in [3.8, 4) is 0 Å². The van der Waals surface area contributed by atoms with E-state index in [1.807, 2.05) is 0 Å². The Morgan fingerprint density at radius 1 is 0.719 bits per heavy atom. The van der Waals surface area contributed by atoms with Gasteiger partial charge >= 0.3 is 0 Å². The molecular formula is C31H52S. The third-order valence-electron chi connectivity index (χ3n) is 10.9. The molecule has 0 saturated heterocycles. The van der Waals surface area contributed by atoms with Crippen molar-refractivity contribution in [3.05, 3.63) is 35.4 Å². The van der Waals surface area contributed by atoms with E-state index in [1.54, 1.807) is 5.56 Å². The van der Waals surface area contributed by atoms with Gasteiger partial charge in [0.25, 0.3) is 0 Å². The molecule has 0 N–H and O–H groups in total. The van der Waals surface area contributed by atoms with Crippen molar-refractivity contribution >= 4 is 10.0 Å². The average molecular weight is 457 g/mol. The molecule has 0 bridgehead atoms. The molecule has 3 aliphatic carbocycles. The molecule has 3 fully saturated rings. The summed E-state index contributed by atoms with van der Waals surface area (Å²) in [4.78, 5) is 0. The summed E-state index contributed by atoms with van der Waals surface area (Å²) >= 11 is 0. The molecule has 182 valence electrons. The van der Waals surface area contributed by atoms with E-state index in [1.165, 1.54) is 31.2 Å². The molecule has 0 aliphatic heterocycles. The van der Waals surface area contributed by atoms with Gasteiger partial charge in [0.1, 0.15) is 0 Å². The first-order valence-electron chi connectivity index (χ1n) is 13.7. The van der Waals surface area contributed by atoms with Gasteiger partial charge in [-0.3, -0.25) is 0 Å². The minimum absolute atomic E-state index is 0.247. The number of rotatable bonds is 3. The molecule has 0 heterocycles. The van der Waals surface area contributed by atoms with E-state index in [9.17, 15) is 0 Å². The summed E-state index contributed by atoms with van der Waals surface area (Å²) in [5.74, 6) is 7.11. The van der Waals surface area contributed by atoms with Crippen LogP contribution in [0.5, 0.6) is 0 Å². The van der Waals surface area contributed by atoms with Gasteiger partial charge in [-0.15, -0.1) is 0 Å². The lowest BCUT2D eigenvalue weighted by molar-refractivity contribution is 0.240. The van der Waals surface area contributed by atoms with Gasteiger partial charge in [-0.2, -0.15) is 0 Å². The van der Waals surface area contributed by atoms with Crippen molar-refractivity contribution in [3.63, 3.8) is 0 Å². The highest BCUT2D eigenvalue weighted by molar-refractivity contribution is 8.33. The van der Waals surface area contributed by atoms with E-state index in [0.29, 0.717) is 0 Å². The zero-order chi connectivity index (χ0) is 23.6. The van der Waals surface area contributed by atoms with Crippen LogP contribution in [0.25, 0.3) is 0 Å². The molecule has 32 heavy (non-hydrogen) atoms. The topological polar surface area (TPSA) is 0 Å². The van der Waals surface area contributed by atoms with Gasteiger partial charge < -0.3 is 0 Å². The molecule has 1 aromatic rings. The summed E-state index contributed by atoms with van der Waals surface area (Å²) in [5, 5.41) is 1.92. The van der Waals surface area contributed by atoms with Gasteiger partial charge in [0, 0.05) is 0 Å².